The minimum atomic E-state index is -4.03. The molecule has 32 heavy (non-hydrogen) atoms. The van der Waals surface area contributed by atoms with Gasteiger partial charge in [0.1, 0.15) is 10.7 Å². The highest BCUT2D eigenvalue weighted by Crippen LogP contribution is 2.31. The summed E-state index contributed by atoms with van der Waals surface area (Å²) < 4.78 is 43.9. The first-order valence-electron chi connectivity index (χ1n) is 10.2. The number of nitrogens with zero attached hydrogens (tertiary/aromatic N) is 2. The summed E-state index contributed by atoms with van der Waals surface area (Å²) in [5.74, 6) is -0.787. The highest BCUT2D eigenvalue weighted by atomic mass is 32.2. The second-order valence-electron chi connectivity index (χ2n) is 7.81. The summed E-state index contributed by atoms with van der Waals surface area (Å²) in [4.78, 5) is -0.375. The number of aromatic nitrogens is 2. The lowest BCUT2D eigenvalue weighted by Crippen LogP contribution is -2.24. The van der Waals surface area contributed by atoms with Crippen LogP contribution in [0.5, 0.6) is 0 Å². The molecule has 7 heteroatoms. The van der Waals surface area contributed by atoms with Crippen LogP contribution >= 0.6 is 0 Å². The maximum atomic E-state index is 14.1. The average Bonchev–Trinajstić information content (AvgIpc) is 3.16. The standard InChI is InChI=1S/C25H24FN3O2S/c1-17-13-18(2)24(19(3)14-17)25-20(16-29(28-25)21-9-5-4-6-10-21)15-27-32(30,31)23-12-8-7-11-22(23)26/h4-14,16,27H,15H2,1-3H3. The van der Waals surface area contributed by atoms with Crippen LogP contribution < -0.4 is 4.72 Å². The van der Waals surface area contributed by atoms with Gasteiger partial charge in [0, 0.05) is 23.9 Å². The molecule has 3 aromatic carbocycles. The lowest BCUT2D eigenvalue weighted by Gasteiger charge is -2.12. The predicted octanol–water partition coefficient (Wildman–Crippen LogP) is 5.08. The van der Waals surface area contributed by atoms with Crippen molar-refractivity contribution >= 4 is 10.0 Å². The van der Waals surface area contributed by atoms with E-state index >= 15 is 0 Å². The van der Waals surface area contributed by atoms with Gasteiger partial charge in [-0.2, -0.15) is 5.10 Å². The molecule has 0 amide bonds. The van der Waals surface area contributed by atoms with Gasteiger partial charge < -0.3 is 0 Å². The van der Waals surface area contributed by atoms with Crippen LogP contribution in [0, 0.1) is 26.6 Å². The Balaban J connectivity index is 1.78. The summed E-state index contributed by atoms with van der Waals surface area (Å²) in [7, 11) is -4.03. The maximum absolute atomic E-state index is 14.1. The molecule has 0 aliphatic rings. The molecule has 0 atom stereocenters. The summed E-state index contributed by atoms with van der Waals surface area (Å²) in [5.41, 5.74) is 6.47. The van der Waals surface area contributed by atoms with Gasteiger partial charge in [-0.1, -0.05) is 48.0 Å². The van der Waals surface area contributed by atoms with E-state index in [1.807, 2.05) is 57.3 Å². The number of sulfonamides is 1. The van der Waals surface area contributed by atoms with Gasteiger partial charge in [0.2, 0.25) is 10.0 Å². The molecule has 1 N–H and O–H groups in total. The molecule has 4 rings (SSSR count). The Hall–Kier alpha value is -3.29. The Morgan fingerprint density at radius 3 is 2.22 bits per heavy atom. The zero-order valence-corrected chi connectivity index (χ0v) is 18.9. The third kappa shape index (κ3) is 4.35. The number of benzene rings is 3. The molecule has 1 heterocycles. The molecule has 0 aliphatic heterocycles. The predicted molar refractivity (Wildman–Crippen MR) is 124 cm³/mol. The van der Waals surface area contributed by atoms with Crippen molar-refractivity contribution in [3.8, 4) is 16.9 Å². The third-order valence-electron chi connectivity index (χ3n) is 5.30. The van der Waals surface area contributed by atoms with Crippen LogP contribution in [-0.2, 0) is 16.6 Å². The van der Waals surface area contributed by atoms with Crippen LogP contribution in [0.15, 0.2) is 77.8 Å². The Bertz CT molecular complexity index is 1360. The third-order valence-corrected chi connectivity index (χ3v) is 6.74. The van der Waals surface area contributed by atoms with Crippen molar-refractivity contribution in [3.63, 3.8) is 0 Å². The second kappa shape index (κ2) is 8.68. The van der Waals surface area contributed by atoms with Crippen LogP contribution in [0.25, 0.3) is 16.9 Å². The first-order chi connectivity index (χ1) is 15.3. The van der Waals surface area contributed by atoms with Crippen molar-refractivity contribution < 1.29 is 12.8 Å². The zero-order chi connectivity index (χ0) is 22.9. The van der Waals surface area contributed by atoms with Gasteiger partial charge in [-0.15, -0.1) is 0 Å². The molecule has 0 radical (unpaired) electrons. The fraction of sp³-hybridized carbons (Fsp3) is 0.160. The van der Waals surface area contributed by atoms with Crippen LogP contribution in [0.1, 0.15) is 22.3 Å². The van der Waals surface area contributed by atoms with E-state index in [4.69, 9.17) is 5.10 Å². The number of hydrogen-bond acceptors (Lipinski definition) is 3. The SMILES string of the molecule is Cc1cc(C)c(-c2nn(-c3ccccc3)cc2CNS(=O)(=O)c2ccccc2F)c(C)c1. The van der Waals surface area contributed by atoms with Crippen molar-refractivity contribution in [2.75, 3.05) is 0 Å². The Kier molecular flexibility index (Phi) is 5.95. The molecule has 164 valence electrons. The van der Waals surface area contributed by atoms with E-state index in [1.54, 1.807) is 4.68 Å². The molecule has 0 saturated carbocycles. The van der Waals surface area contributed by atoms with E-state index in [0.29, 0.717) is 11.3 Å². The molecule has 0 aliphatic carbocycles. The zero-order valence-electron chi connectivity index (χ0n) is 18.1. The lowest BCUT2D eigenvalue weighted by molar-refractivity contribution is 0.557. The summed E-state index contributed by atoms with van der Waals surface area (Å²) >= 11 is 0. The molecule has 1 aromatic heterocycles. The van der Waals surface area contributed by atoms with Gasteiger partial charge in [0.25, 0.3) is 0 Å². The van der Waals surface area contributed by atoms with E-state index in [0.717, 1.165) is 34.0 Å². The molecular formula is C25H24FN3O2S. The van der Waals surface area contributed by atoms with E-state index in [2.05, 4.69) is 16.9 Å². The topological polar surface area (TPSA) is 64.0 Å². The summed E-state index contributed by atoms with van der Waals surface area (Å²) in [6, 6.07) is 19.1. The molecule has 0 unspecified atom stereocenters. The second-order valence-corrected chi connectivity index (χ2v) is 9.55. The molecular weight excluding hydrogens is 425 g/mol. The van der Waals surface area contributed by atoms with Gasteiger partial charge in [-0.25, -0.2) is 22.2 Å². The van der Waals surface area contributed by atoms with E-state index < -0.39 is 15.8 Å². The van der Waals surface area contributed by atoms with Crippen molar-refractivity contribution in [1.29, 1.82) is 0 Å². The summed E-state index contributed by atoms with van der Waals surface area (Å²) in [5, 5.41) is 4.80. The summed E-state index contributed by atoms with van der Waals surface area (Å²) in [6.45, 7) is 6.05. The Morgan fingerprint density at radius 2 is 1.56 bits per heavy atom. The largest absolute Gasteiger partial charge is 0.243 e. The number of halogens is 1. The van der Waals surface area contributed by atoms with Gasteiger partial charge in [0.05, 0.1) is 11.4 Å². The lowest BCUT2D eigenvalue weighted by atomic mass is 9.95. The number of aryl methyl sites for hydroxylation is 3. The Morgan fingerprint density at radius 1 is 0.938 bits per heavy atom. The quantitative estimate of drug-likeness (QED) is 0.446. The monoisotopic (exact) mass is 449 g/mol. The van der Waals surface area contributed by atoms with E-state index in [-0.39, 0.29) is 11.4 Å². The highest BCUT2D eigenvalue weighted by molar-refractivity contribution is 7.89. The summed E-state index contributed by atoms with van der Waals surface area (Å²) in [6.07, 6.45) is 1.81. The normalized spacial score (nSPS) is 11.6. The number of hydrogen-bond donors (Lipinski definition) is 1. The van der Waals surface area contributed by atoms with Crippen molar-refractivity contribution in [3.05, 3.63) is 101 Å². The number of nitrogens with one attached hydrogen (secondary N) is 1. The van der Waals surface area contributed by atoms with Crippen molar-refractivity contribution in [2.45, 2.75) is 32.2 Å². The first kappa shape index (κ1) is 21.9. The van der Waals surface area contributed by atoms with Crippen molar-refractivity contribution in [2.24, 2.45) is 0 Å². The highest BCUT2D eigenvalue weighted by Gasteiger charge is 2.21. The average molecular weight is 450 g/mol. The molecule has 0 saturated heterocycles. The molecule has 0 fully saturated rings. The maximum Gasteiger partial charge on any atom is 0.243 e. The van der Waals surface area contributed by atoms with Gasteiger partial charge in [0.15, 0.2) is 0 Å². The van der Waals surface area contributed by atoms with Crippen LogP contribution in [0.2, 0.25) is 0 Å². The minimum absolute atomic E-state index is 0.0222. The van der Waals surface area contributed by atoms with E-state index in [1.165, 1.54) is 18.2 Å². The number of para-hydroxylation sites is 1. The fourth-order valence-electron chi connectivity index (χ4n) is 3.93. The Labute approximate surface area is 187 Å². The molecule has 5 nitrogen and oxygen atoms in total. The molecule has 0 bridgehead atoms. The first-order valence-corrected chi connectivity index (χ1v) is 11.7. The van der Waals surface area contributed by atoms with E-state index in [9.17, 15) is 12.8 Å². The van der Waals surface area contributed by atoms with Crippen LogP contribution in [0.4, 0.5) is 4.39 Å². The van der Waals surface area contributed by atoms with Crippen LogP contribution in [0.3, 0.4) is 0 Å². The fourth-order valence-corrected chi connectivity index (χ4v) is 5.01. The van der Waals surface area contributed by atoms with Crippen LogP contribution in [-0.4, -0.2) is 18.2 Å². The number of rotatable bonds is 6. The van der Waals surface area contributed by atoms with Crippen molar-refractivity contribution in [1.82, 2.24) is 14.5 Å². The molecule has 4 aromatic rings. The van der Waals surface area contributed by atoms with Gasteiger partial charge in [-0.3, -0.25) is 0 Å². The smallest absolute Gasteiger partial charge is 0.240 e. The minimum Gasteiger partial charge on any atom is -0.240 e. The van der Waals surface area contributed by atoms with Gasteiger partial charge >= 0.3 is 0 Å². The molecule has 0 spiro atoms. The van der Waals surface area contributed by atoms with Gasteiger partial charge in [-0.05, 0) is 56.2 Å².